The minimum atomic E-state index is -0.679. The normalized spacial score (nSPS) is 18.5. The highest BCUT2D eigenvalue weighted by molar-refractivity contribution is 5.66. The third kappa shape index (κ3) is 5.35. The smallest absolute Gasteiger partial charge is 0.303 e. The maximum atomic E-state index is 10.7. The molecule has 0 aromatic rings. The zero-order chi connectivity index (χ0) is 12.9. The van der Waals surface area contributed by atoms with Crippen LogP contribution in [0.3, 0.4) is 0 Å². The van der Waals surface area contributed by atoms with Crippen LogP contribution in [0.5, 0.6) is 0 Å². The van der Waals surface area contributed by atoms with Crippen molar-refractivity contribution in [3.63, 3.8) is 0 Å². The van der Waals surface area contributed by atoms with Gasteiger partial charge in [0.15, 0.2) is 0 Å². The first-order chi connectivity index (χ1) is 7.89. The van der Waals surface area contributed by atoms with Gasteiger partial charge in [0, 0.05) is 19.5 Å². The average Bonchev–Trinajstić information content (AvgIpc) is 2.67. The molecule has 0 aromatic carbocycles. The van der Waals surface area contributed by atoms with Gasteiger partial charge < -0.3 is 5.11 Å². The van der Waals surface area contributed by atoms with Crippen LogP contribution in [0.2, 0.25) is 0 Å². The van der Waals surface area contributed by atoms with Crippen molar-refractivity contribution in [2.45, 2.75) is 40.0 Å². The molecule has 98 valence electrons. The number of carboxylic acids is 1. The van der Waals surface area contributed by atoms with E-state index in [0.717, 1.165) is 32.5 Å². The largest absolute Gasteiger partial charge is 0.481 e. The molecule has 0 saturated carbocycles. The monoisotopic (exact) mass is 239 g/mol. The highest BCUT2D eigenvalue weighted by atomic mass is 16.4. The Kier molecular flexibility index (Phi) is 5.19. The van der Waals surface area contributed by atoms with Crippen LogP contribution in [0.25, 0.3) is 0 Å². The predicted octanol–water partition coefficient (Wildman–Crippen LogP) is 2.78. The van der Waals surface area contributed by atoms with E-state index in [1.54, 1.807) is 0 Å². The molecule has 1 heterocycles. The second kappa shape index (κ2) is 6.20. The highest BCUT2D eigenvalue weighted by Gasteiger charge is 2.25. The molecule has 0 aromatic heterocycles. The molecule has 0 radical (unpaired) electrons. The third-order valence-electron chi connectivity index (χ3n) is 3.62. The van der Waals surface area contributed by atoms with E-state index in [9.17, 15) is 4.79 Å². The van der Waals surface area contributed by atoms with Crippen LogP contribution in [0.15, 0.2) is 12.2 Å². The minimum absolute atomic E-state index is 0.197. The van der Waals surface area contributed by atoms with Crippen molar-refractivity contribution in [1.82, 2.24) is 4.90 Å². The summed E-state index contributed by atoms with van der Waals surface area (Å²) in [6, 6.07) is 0. The summed E-state index contributed by atoms with van der Waals surface area (Å²) in [4.78, 5) is 13.1. The third-order valence-corrected chi connectivity index (χ3v) is 3.62. The van der Waals surface area contributed by atoms with Gasteiger partial charge in [-0.15, -0.1) is 0 Å². The summed E-state index contributed by atoms with van der Waals surface area (Å²) in [5.74, 6) is -0.193. The lowest BCUT2D eigenvalue weighted by molar-refractivity contribution is -0.137. The molecule has 1 aliphatic rings. The van der Waals surface area contributed by atoms with E-state index in [1.807, 2.05) is 0 Å². The zero-order valence-electron chi connectivity index (χ0n) is 11.3. The lowest BCUT2D eigenvalue weighted by atomic mass is 9.76. The molecule has 0 spiro atoms. The molecule has 0 fully saturated rings. The Balaban J connectivity index is 2.37. The Morgan fingerprint density at radius 2 is 1.88 bits per heavy atom. The number of carboxylic acid groups (broad SMARTS) is 1. The minimum Gasteiger partial charge on any atom is -0.481 e. The topological polar surface area (TPSA) is 40.5 Å². The fraction of sp³-hybridized carbons (Fsp3) is 0.786. The van der Waals surface area contributed by atoms with Gasteiger partial charge in [0.2, 0.25) is 0 Å². The summed E-state index contributed by atoms with van der Waals surface area (Å²) >= 11 is 0. The molecule has 3 heteroatoms. The lowest BCUT2D eigenvalue weighted by Gasteiger charge is -2.32. The molecular formula is C14H25NO2. The van der Waals surface area contributed by atoms with E-state index in [1.165, 1.54) is 0 Å². The van der Waals surface area contributed by atoms with Crippen LogP contribution in [-0.4, -0.2) is 35.6 Å². The number of rotatable bonds is 6. The standard InChI is InChI=1S/C14H25NO2/c1-14(2,3)12(6-7-13(16)17)8-11-15-9-4-5-10-15/h4-5,12H,6-11H2,1-3H3,(H,16,17). The summed E-state index contributed by atoms with van der Waals surface area (Å²) in [6.45, 7) is 9.81. The number of nitrogens with zero attached hydrogens (tertiary/aromatic N) is 1. The summed E-state index contributed by atoms with van der Waals surface area (Å²) in [5, 5.41) is 8.79. The van der Waals surface area contributed by atoms with Crippen molar-refractivity contribution >= 4 is 5.97 Å². The number of hydrogen-bond donors (Lipinski definition) is 1. The highest BCUT2D eigenvalue weighted by Crippen LogP contribution is 2.32. The molecule has 1 aliphatic heterocycles. The Labute approximate surface area is 105 Å². The molecule has 1 N–H and O–H groups in total. The predicted molar refractivity (Wildman–Crippen MR) is 70.0 cm³/mol. The first-order valence-electron chi connectivity index (χ1n) is 6.48. The number of hydrogen-bond acceptors (Lipinski definition) is 2. The van der Waals surface area contributed by atoms with Gasteiger partial charge >= 0.3 is 5.97 Å². The quantitative estimate of drug-likeness (QED) is 0.725. The van der Waals surface area contributed by atoms with Crippen molar-refractivity contribution in [1.29, 1.82) is 0 Å². The van der Waals surface area contributed by atoms with E-state index in [-0.39, 0.29) is 5.41 Å². The molecule has 1 unspecified atom stereocenters. The molecule has 1 atom stereocenters. The van der Waals surface area contributed by atoms with E-state index in [4.69, 9.17) is 5.11 Å². The second-order valence-electron chi connectivity index (χ2n) is 6.02. The molecule has 0 saturated heterocycles. The fourth-order valence-electron chi connectivity index (χ4n) is 2.35. The Bertz CT molecular complexity index is 270. The molecule has 0 amide bonds. The van der Waals surface area contributed by atoms with Crippen molar-refractivity contribution in [2.75, 3.05) is 19.6 Å². The SMILES string of the molecule is CC(C)(C)C(CCC(=O)O)CCN1CC=CC1. The molecule has 0 bridgehead atoms. The second-order valence-corrected chi connectivity index (χ2v) is 6.02. The summed E-state index contributed by atoms with van der Waals surface area (Å²) in [6.07, 6.45) is 6.57. The Morgan fingerprint density at radius 3 is 2.35 bits per heavy atom. The van der Waals surface area contributed by atoms with Gasteiger partial charge in [-0.1, -0.05) is 32.9 Å². The number of carbonyl (C=O) groups is 1. The van der Waals surface area contributed by atoms with Crippen molar-refractivity contribution < 1.29 is 9.90 Å². The van der Waals surface area contributed by atoms with Gasteiger partial charge in [-0.25, -0.2) is 0 Å². The molecule has 1 rings (SSSR count). The molecule has 3 nitrogen and oxygen atoms in total. The van der Waals surface area contributed by atoms with Gasteiger partial charge in [-0.3, -0.25) is 9.69 Å². The average molecular weight is 239 g/mol. The molecule has 0 aliphatic carbocycles. The Hall–Kier alpha value is -0.830. The maximum Gasteiger partial charge on any atom is 0.303 e. The fourth-order valence-corrected chi connectivity index (χ4v) is 2.35. The number of aliphatic carboxylic acids is 1. The van der Waals surface area contributed by atoms with Gasteiger partial charge in [-0.2, -0.15) is 0 Å². The van der Waals surface area contributed by atoms with Crippen LogP contribution in [0.1, 0.15) is 40.0 Å². The van der Waals surface area contributed by atoms with Crippen LogP contribution < -0.4 is 0 Å². The van der Waals surface area contributed by atoms with Crippen LogP contribution in [0, 0.1) is 11.3 Å². The molecular weight excluding hydrogens is 214 g/mol. The van der Waals surface area contributed by atoms with E-state index < -0.39 is 5.97 Å². The lowest BCUT2D eigenvalue weighted by Crippen LogP contribution is -2.28. The Morgan fingerprint density at radius 1 is 1.29 bits per heavy atom. The summed E-state index contributed by atoms with van der Waals surface area (Å²) < 4.78 is 0. The summed E-state index contributed by atoms with van der Waals surface area (Å²) in [5.41, 5.74) is 0.197. The van der Waals surface area contributed by atoms with Gasteiger partial charge in [0.1, 0.15) is 0 Å². The van der Waals surface area contributed by atoms with Crippen molar-refractivity contribution in [2.24, 2.45) is 11.3 Å². The first kappa shape index (κ1) is 14.2. The summed E-state index contributed by atoms with van der Waals surface area (Å²) in [7, 11) is 0. The van der Waals surface area contributed by atoms with Gasteiger partial charge in [-0.05, 0) is 30.7 Å². The van der Waals surface area contributed by atoms with E-state index in [2.05, 4.69) is 37.8 Å². The van der Waals surface area contributed by atoms with E-state index >= 15 is 0 Å². The zero-order valence-corrected chi connectivity index (χ0v) is 11.3. The van der Waals surface area contributed by atoms with Crippen LogP contribution >= 0.6 is 0 Å². The van der Waals surface area contributed by atoms with Gasteiger partial charge in [0.25, 0.3) is 0 Å². The first-order valence-corrected chi connectivity index (χ1v) is 6.48. The van der Waals surface area contributed by atoms with Crippen LogP contribution in [-0.2, 0) is 4.79 Å². The van der Waals surface area contributed by atoms with Gasteiger partial charge in [0.05, 0.1) is 0 Å². The van der Waals surface area contributed by atoms with Crippen molar-refractivity contribution in [3.8, 4) is 0 Å². The van der Waals surface area contributed by atoms with E-state index in [0.29, 0.717) is 12.3 Å². The van der Waals surface area contributed by atoms with Crippen LogP contribution in [0.4, 0.5) is 0 Å². The van der Waals surface area contributed by atoms with Crippen molar-refractivity contribution in [3.05, 3.63) is 12.2 Å². The maximum absolute atomic E-state index is 10.7. The molecule has 17 heavy (non-hydrogen) atoms.